The van der Waals surface area contributed by atoms with E-state index < -0.39 is 0 Å². The molecule has 134 valence electrons. The maximum Gasteiger partial charge on any atom is 0.136 e. The number of aliphatic hydroxyl groups is 1. The summed E-state index contributed by atoms with van der Waals surface area (Å²) in [4.78, 5) is 12.6. The van der Waals surface area contributed by atoms with Gasteiger partial charge in [-0.25, -0.2) is 0 Å². The van der Waals surface area contributed by atoms with Gasteiger partial charge in [0.1, 0.15) is 5.78 Å². The first-order chi connectivity index (χ1) is 11.5. The predicted molar refractivity (Wildman–Crippen MR) is 94.4 cm³/mol. The van der Waals surface area contributed by atoms with E-state index in [0.717, 1.165) is 49.4 Å². The highest BCUT2D eigenvalue weighted by Gasteiger charge is 2.63. The molecule has 0 aromatic heterocycles. The number of aliphatic hydroxyl groups excluding tert-OH is 1. The Morgan fingerprint density at radius 3 is 2.71 bits per heavy atom. The van der Waals surface area contributed by atoms with Crippen molar-refractivity contribution >= 4 is 5.78 Å². The zero-order valence-electron chi connectivity index (χ0n) is 15.3. The number of fused-ring (bicyclic) bond motifs is 4. The van der Waals surface area contributed by atoms with E-state index in [4.69, 9.17) is 0 Å². The third-order valence-electron chi connectivity index (χ3n) is 9.81. The smallest absolute Gasteiger partial charge is 0.136 e. The molecule has 5 aliphatic carbocycles. The van der Waals surface area contributed by atoms with Crippen molar-refractivity contribution in [3.63, 3.8) is 0 Å². The Kier molecular flexibility index (Phi) is 3.51. The van der Waals surface area contributed by atoms with E-state index in [1.165, 1.54) is 51.4 Å². The Bertz CT molecular complexity index is 542. The van der Waals surface area contributed by atoms with E-state index >= 15 is 0 Å². The fourth-order valence-electron chi connectivity index (χ4n) is 8.78. The molecular weight excluding hydrogens is 296 g/mol. The van der Waals surface area contributed by atoms with Gasteiger partial charge in [0.2, 0.25) is 0 Å². The molecule has 0 aromatic carbocycles. The molecule has 8 atom stereocenters. The van der Waals surface area contributed by atoms with Crippen LogP contribution in [0.25, 0.3) is 0 Å². The molecule has 0 aromatic rings. The zero-order valence-corrected chi connectivity index (χ0v) is 15.3. The number of ketones is 1. The maximum atomic E-state index is 12.6. The standard InChI is InChI=1S/C22H34O2/c1-21-11-8-15(23)13-14(21)4-5-16-17(21)9-12-22-10-2-3-20(24)19(22)7-6-18(16)22/h14-19,23H,2-13H2,1H3/t14-,15+,16?,17?,18?,19+,21?,22-/m0/s1. The summed E-state index contributed by atoms with van der Waals surface area (Å²) in [5.74, 6) is 4.39. The molecule has 0 heterocycles. The average Bonchev–Trinajstić information content (AvgIpc) is 2.96. The summed E-state index contributed by atoms with van der Waals surface area (Å²) in [6.45, 7) is 2.57. The number of rotatable bonds is 0. The molecule has 24 heavy (non-hydrogen) atoms. The highest BCUT2D eigenvalue weighted by molar-refractivity contribution is 5.83. The van der Waals surface area contributed by atoms with Crippen LogP contribution in [-0.2, 0) is 4.79 Å². The second-order valence-corrected chi connectivity index (χ2v) is 10.3. The topological polar surface area (TPSA) is 37.3 Å². The summed E-state index contributed by atoms with van der Waals surface area (Å²) < 4.78 is 0. The molecule has 0 bridgehead atoms. The molecule has 2 heteroatoms. The maximum absolute atomic E-state index is 12.6. The van der Waals surface area contributed by atoms with Crippen molar-refractivity contribution in [1.29, 1.82) is 0 Å². The molecule has 0 amide bonds. The second-order valence-electron chi connectivity index (χ2n) is 10.3. The molecule has 5 fully saturated rings. The summed E-state index contributed by atoms with van der Waals surface area (Å²) in [6, 6.07) is 0. The quantitative estimate of drug-likeness (QED) is 0.696. The first-order valence-corrected chi connectivity index (χ1v) is 10.8. The first-order valence-electron chi connectivity index (χ1n) is 10.8. The highest BCUT2D eigenvalue weighted by atomic mass is 16.3. The Labute approximate surface area is 146 Å². The first kappa shape index (κ1) is 15.9. The lowest BCUT2D eigenvalue weighted by Gasteiger charge is -2.62. The lowest BCUT2D eigenvalue weighted by molar-refractivity contribution is -0.149. The van der Waals surface area contributed by atoms with Gasteiger partial charge in [-0.05, 0) is 105 Å². The van der Waals surface area contributed by atoms with Crippen LogP contribution in [0, 0.1) is 40.4 Å². The van der Waals surface area contributed by atoms with Crippen molar-refractivity contribution in [2.75, 3.05) is 0 Å². The number of hydrogen-bond donors (Lipinski definition) is 1. The second kappa shape index (κ2) is 5.32. The molecule has 0 aliphatic heterocycles. The van der Waals surface area contributed by atoms with Crippen LogP contribution < -0.4 is 0 Å². The summed E-state index contributed by atoms with van der Waals surface area (Å²) in [5, 5.41) is 10.2. The molecule has 0 radical (unpaired) electrons. The van der Waals surface area contributed by atoms with Crippen LogP contribution in [0.2, 0.25) is 0 Å². The van der Waals surface area contributed by atoms with Gasteiger partial charge in [0.05, 0.1) is 6.10 Å². The Morgan fingerprint density at radius 1 is 0.958 bits per heavy atom. The van der Waals surface area contributed by atoms with E-state index in [2.05, 4.69) is 6.92 Å². The average molecular weight is 331 g/mol. The van der Waals surface area contributed by atoms with Crippen molar-refractivity contribution < 1.29 is 9.90 Å². The van der Waals surface area contributed by atoms with E-state index in [1.54, 1.807) is 0 Å². The third kappa shape index (κ3) is 1.95. The van der Waals surface area contributed by atoms with Gasteiger partial charge >= 0.3 is 0 Å². The van der Waals surface area contributed by atoms with Gasteiger partial charge in [-0.1, -0.05) is 6.92 Å². The summed E-state index contributed by atoms with van der Waals surface area (Å²) in [7, 11) is 0. The monoisotopic (exact) mass is 330 g/mol. The minimum Gasteiger partial charge on any atom is -0.393 e. The van der Waals surface area contributed by atoms with Crippen molar-refractivity contribution in [3.8, 4) is 0 Å². The highest BCUT2D eigenvalue weighted by Crippen LogP contribution is 2.69. The normalized spacial score (nSPS) is 56.8. The minimum absolute atomic E-state index is 0.0404. The minimum atomic E-state index is -0.0404. The SMILES string of the molecule is CC12CC[C@@H](O)C[C@@H]1CCC1C2CC[C@]23CCCC(=O)[C@H]2CCC13. The Morgan fingerprint density at radius 2 is 1.83 bits per heavy atom. The van der Waals surface area contributed by atoms with Crippen LogP contribution in [0.3, 0.4) is 0 Å². The lowest BCUT2D eigenvalue weighted by Crippen LogP contribution is -2.55. The molecular formula is C22H34O2. The van der Waals surface area contributed by atoms with Crippen LogP contribution in [0.5, 0.6) is 0 Å². The van der Waals surface area contributed by atoms with E-state index in [-0.39, 0.29) is 6.10 Å². The fourth-order valence-corrected chi connectivity index (χ4v) is 8.78. The fraction of sp³-hybridized carbons (Fsp3) is 0.955. The molecule has 5 rings (SSSR count). The number of Topliss-reactive ketones (excluding diaryl/α,β-unsaturated/α-hetero) is 1. The van der Waals surface area contributed by atoms with Crippen LogP contribution in [0.4, 0.5) is 0 Å². The largest absolute Gasteiger partial charge is 0.393 e. The predicted octanol–water partition coefficient (Wildman–Crippen LogP) is 4.74. The number of carbonyl (C=O) groups is 1. The summed E-state index contributed by atoms with van der Waals surface area (Å²) in [6.07, 6.45) is 14.6. The van der Waals surface area contributed by atoms with Crippen LogP contribution in [0.15, 0.2) is 0 Å². The van der Waals surface area contributed by atoms with Crippen LogP contribution >= 0.6 is 0 Å². The number of carbonyl (C=O) groups excluding carboxylic acids is 1. The summed E-state index contributed by atoms with van der Waals surface area (Å²) >= 11 is 0. The van der Waals surface area contributed by atoms with Gasteiger partial charge in [-0.15, -0.1) is 0 Å². The molecule has 5 aliphatic rings. The Balaban J connectivity index is 1.46. The molecule has 5 saturated carbocycles. The number of hydrogen-bond acceptors (Lipinski definition) is 2. The van der Waals surface area contributed by atoms with E-state index in [0.29, 0.717) is 22.5 Å². The van der Waals surface area contributed by atoms with Gasteiger partial charge in [0.25, 0.3) is 0 Å². The van der Waals surface area contributed by atoms with Gasteiger partial charge in [0, 0.05) is 12.3 Å². The third-order valence-corrected chi connectivity index (χ3v) is 9.81. The molecule has 4 unspecified atom stereocenters. The summed E-state index contributed by atoms with van der Waals surface area (Å²) in [5.41, 5.74) is 0.883. The van der Waals surface area contributed by atoms with E-state index in [1.807, 2.05) is 0 Å². The molecule has 0 saturated heterocycles. The molecule has 1 N–H and O–H groups in total. The van der Waals surface area contributed by atoms with Crippen molar-refractivity contribution in [3.05, 3.63) is 0 Å². The molecule has 2 nitrogen and oxygen atoms in total. The van der Waals surface area contributed by atoms with Crippen molar-refractivity contribution in [2.45, 2.75) is 90.1 Å². The zero-order chi connectivity index (χ0) is 16.5. The molecule has 1 spiro atoms. The van der Waals surface area contributed by atoms with Gasteiger partial charge in [-0.3, -0.25) is 4.79 Å². The van der Waals surface area contributed by atoms with E-state index in [9.17, 15) is 9.90 Å². The van der Waals surface area contributed by atoms with Gasteiger partial charge in [-0.2, -0.15) is 0 Å². The van der Waals surface area contributed by atoms with Gasteiger partial charge in [0.15, 0.2) is 0 Å². The van der Waals surface area contributed by atoms with Gasteiger partial charge < -0.3 is 5.11 Å². The Hall–Kier alpha value is -0.370. The van der Waals surface area contributed by atoms with Crippen molar-refractivity contribution in [1.82, 2.24) is 0 Å². The lowest BCUT2D eigenvalue weighted by atomic mass is 9.43. The van der Waals surface area contributed by atoms with Crippen molar-refractivity contribution in [2.24, 2.45) is 40.4 Å². The van der Waals surface area contributed by atoms with Crippen LogP contribution in [0.1, 0.15) is 84.0 Å². The van der Waals surface area contributed by atoms with Crippen LogP contribution in [-0.4, -0.2) is 17.0 Å².